The van der Waals surface area contributed by atoms with E-state index in [0.717, 1.165) is 10.9 Å². The fraction of sp³-hybridized carbons (Fsp3) is 0.167. The highest BCUT2D eigenvalue weighted by molar-refractivity contribution is 5.84. The van der Waals surface area contributed by atoms with Gasteiger partial charge in [-0.1, -0.05) is 23.8 Å². The zero-order valence-corrected chi connectivity index (χ0v) is 9.63. The number of para-hydroxylation sites is 1. The van der Waals surface area contributed by atoms with Crippen LogP contribution in [0, 0.1) is 0 Å². The first-order valence-electron chi connectivity index (χ1n) is 5.43. The van der Waals surface area contributed by atoms with Crippen LogP contribution < -0.4 is 16.2 Å². The zero-order valence-electron chi connectivity index (χ0n) is 9.63. The van der Waals surface area contributed by atoms with E-state index in [9.17, 15) is 4.79 Å². The Morgan fingerprint density at radius 1 is 1.33 bits per heavy atom. The number of carbonyl (C=O) groups is 1. The number of hydrogen-bond acceptors (Lipinski definition) is 6. The number of rotatable bonds is 5. The molecule has 0 saturated carbocycles. The largest absolute Gasteiger partial charge is 0.491 e. The molecule has 6 nitrogen and oxygen atoms in total. The fourth-order valence-electron chi connectivity index (χ4n) is 1.55. The van der Waals surface area contributed by atoms with E-state index in [1.807, 2.05) is 35.9 Å². The van der Waals surface area contributed by atoms with E-state index < -0.39 is 5.97 Å². The summed E-state index contributed by atoms with van der Waals surface area (Å²) in [5.41, 5.74) is 2.60. The number of carbonyl (C=O) groups excluding carboxylic acids is 1. The monoisotopic (exact) mass is 247 g/mol. The van der Waals surface area contributed by atoms with Crippen LogP contribution in [0.3, 0.4) is 0 Å². The molecule has 0 radical (unpaired) electrons. The number of hydrazine groups is 1. The van der Waals surface area contributed by atoms with Crippen molar-refractivity contribution in [1.82, 2.24) is 10.6 Å². The first kappa shape index (κ1) is 12.3. The Bertz CT molecular complexity index is 540. The minimum atomic E-state index is -0.481. The lowest BCUT2D eigenvalue weighted by molar-refractivity contribution is -0.151. The average molecular weight is 247 g/mol. The van der Waals surface area contributed by atoms with Gasteiger partial charge in [0.1, 0.15) is 11.3 Å². The average Bonchev–Trinajstić information content (AvgIpc) is 2.39. The van der Waals surface area contributed by atoms with E-state index in [1.54, 1.807) is 6.20 Å². The Hall–Kier alpha value is -2.18. The van der Waals surface area contributed by atoms with E-state index in [-0.39, 0.29) is 13.0 Å². The van der Waals surface area contributed by atoms with E-state index in [4.69, 9.17) is 10.6 Å². The highest BCUT2D eigenvalue weighted by atomic mass is 16.7. The molecule has 94 valence electrons. The molecule has 0 atom stereocenters. The molecule has 2 aromatic rings. The minimum Gasteiger partial charge on any atom is -0.491 e. The summed E-state index contributed by atoms with van der Waals surface area (Å²) in [6.45, 7) is 0.205. The van der Waals surface area contributed by atoms with Crippen LogP contribution in [0.1, 0.15) is 6.42 Å². The SMILES string of the molecule is NNOC(=O)CCOc1cccc2cccnc12. The van der Waals surface area contributed by atoms with Crippen molar-refractivity contribution < 1.29 is 14.4 Å². The predicted octanol–water partition coefficient (Wildman–Crippen LogP) is 0.925. The van der Waals surface area contributed by atoms with Gasteiger partial charge in [-0.25, -0.2) is 5.84 Å². The molecule has 0 fully saturated rings. The van der Waals surface area contributed by atoms with Gasteiger partial charge in [-0.2, -0.15) is 0 Å². The third-order valence-electron chi connectivity index (χ3n) is 2.33. The van der Waals surface area contributed by atoms with Crippen LogP contribution in [0.5, 0.6) is 5.75 Å². The van der Waals surface area contributed by atoms with Gasteiger partial charge in [-0.15, -0.1) is 0 Å². The second kappa shape index (κ2) is 5.95. The Morgan fingerprint density at radius 3 is 3.00 bits per heavy atom. The number of hydrogen-bond donors (Lipinski definition) is 2. The minimum absolute atomic E-state index is 0.105. The van der Waals surface area contributed by atoms with Crippen molar-refractivity contribution in [3.63, 3.8) is 0 Å². The van der Waals surface area contributed by atoms with Crippen molar-refractivity contribution in [1.29, 1.82) is 0 Å². The van der Waals surface area contributed by atoms with Crippen LogP contribution in [0.2, 0.25) is 0 Å². The normalized spacial score (nSPS) is 10.3. The number of benzene rings is 1. The van der Waals surface area contributed by atoms with Gasteiger partial charge in [-0.3, -0.25) is 9.78 Å². The van der Waals surface area contributed by atoms with E-state index in [2.05, 4.69) is 9.82 Å². The number of nitrogens with one attached hydrogen (secondary N) is 1. The summed E-state index contributed by atoms with van der Waals surface area (Å²) in [5, 5.41) is 0.987. The van der Waals surface area contributed by atoms with Crippen molar-refractivity contribution in [2.75, 3.05) is 6.61 Å². The van der Waals surface area contributed by atoms with Crippen molar-refractivity contribution in [2.24, 2.45) is 5.84 Å². The Morgan fingerprint density at radius 2 is 2.17 bits per heavy atom. The van der Waals surface area contributed by atoms with Crippen LogP contribution in [0.15, 0.2) is 36.5 Å². The lowest BCUT2D eigenvalue weighted by Crippen LogP contribution is -2.26. The number of nitrogens with zero attached hydrogens (tertiary/aromatic N) is 1. The van der Waals surface area contributed by atoms with Crippen molar-refractivity contribution in [3.8, 4) is 5.75 Å². The molecule has 1 heterocycles. The molecule has 6 heteroatoms. The summed E-state index contributed by atoms with van der Waals surface area (Å²) in [7, 11) is 0. The molecule has 2 rings (SSSR count). The summed E-state index contributed by atoms with van der Waals surface area (Å²) in [5.74, 6) is 5.00. The van der Waals surface area contributed by atoms with Crippen LogP contribution in [0.25, 0.3) is 10.9 Å². The highest BCUT2D eigenvalue weighted by Gasteiger charge is 2.05. The highest BCUT2D eigenvalue weighted by Crippen LogP contribution is 2.22. The lowest BCUT2D eigenvalue weighted by atomic mass is 10.2. The molecular weight excluding hydrogens is 234 g/mol. The Labute approximate surface area is 104 Å². The van der Waals surface area contributed by atoms with Gasteiger partial charge in [0.25, 0.3) is 0 Å². The molecule has 0 spiro atoms. The van der Waals surface area contributed by atoms with Crippen molar-refractivity contribution in [2.45, 2.75) is 6.42 Å². The third-order valence-corrected chi connectivity index (χ3v) is 2.33. The molecule has 0 aliphatic heterocycles. The molecule has 0 amide bonds. The molecule has 1 aromatic heterocycles. The summed E-state index contributed by atoms with van der Waals surface area (Å²) in [6.07, 6.45) is 1.80. The Kier molecular flexibility index (Phi) is 4.06. The number of nitrogens with two attached hydrogens (primary N) is 1. The molecule has 0 aliphatic carbocycles. The topological polar surface area (TPSA) is 86.5 Å². The van der Waals surface area contributed by atoms with Gasteiger partial charge >= 0.3 is 5.97 Å². The van der Waals surface area contributed by atoms with Gasteiger partial charge in [-0.05, 0) is 12.1 Å². The third kappa shape index (κ3) is 2.93. The maximum atomic E-state index is 11.0. The van der Waals surface area contributed by atoms with Gasteiger partial charge in [0.05, 0.1) is 13.0 Å². The molecule has 0 aliphatic rings. The van der Waals surface area contributed by atoms with Crippen LogP contribution in [0.4, 0.5) is 0 Å². The van der Waals surface area contributed by atoms with E-state index in [0.29, 0.717) is 5.75 Å². The van der Waals surface area contributed by atoms with Gasteiger partial charge in [0.15, 0.2) is 0 Å². The molecule has 1 aromatic carbocycles. The first-order valence-corrected chi connectivity index (χ1v) is 5.43. The van der Waals surface area contributed by atoms with E-state index in [1.165, 1.54) is 0 Å². The quantitative estimate of drug-likeness (QED) is 0.603. The van der Waals surface area contributed by atoms with Gasteiger partial charge < -0.3 is 9.57 Å². The summed E-state index contributed by atoms with van der Waals surface area (Å²) in [6, 6.07) is 9.43. The second-order valence-corrected chi connectivity index (χ2v) is 3.52. The van der Waals surface area contributed by atoms with Crippen LogP contribution >= 0.6 is 0 Å². The number of fused-ring (bicyclic) bond motifs is 1. The molecular formula is C12H13N3O3. The van der Waals surface area contributed by atoms with Crippen LogP contribution in [-0.2, 0) is 9.63 Å². The number of aromatic nitrogens is 1. The molecule has 0 unspecified atom stereocenters. The standard InChI is InChI=1S/C12H13N3O3/c13-15-18-11(16)6-8-17-10-5-1-3-9-4-2-7-14-12(9)10/h1-5,7,15H,6,8,13H2. The van der Waals surface area contributed by atoms with Gasteiger partial charge in [0.2, 0.25) is 0 Å². The molecule has 3 N–H and O–H groups in total. The summed E-state index contributed by atoms with van der Waals surface area (Å²) >= 11 is 0. The molecule has 0 saturated heterocycles. The summed E-state index contributed by atoms with van der Waals surface area (Å²) in [4.78, 5) is 19.6. The maximum absolute atomic E-state index is 11.0. The van der Waals surface area contributed by atoms with Crippen molar-refractivity contribution >= 4 is 16.9 Å². The van der Waals surface area contributed by atoms with Crippen molar-refractivity contribution in [3.05, 3.63) is 36.5 Å². The van der Waals surface area contributed by atoms with Gasteiger partial charge in [0, 0.05) is 11.6 Å². The Balaban J connectivity index is 2.01. The fourth-order valence-corrected chi connectivity index (χ4v) is 1.55. The molecule has 0 bridgehead atoms. The number of ether oxygens (including phenoxy) is 1. The number of pyridine rings is 1. The summed E-state index contributed by atoms with van der Waals surface area (Å²) < 4.78 is 5.50. The maximum Gasteiger partial charge on any atom is 0.329 e. The van der Waals surface area contributed by atoms with Crippen LogP contribution in [-0.4, -0.2) is 17.6 Å². The van der Waals surface area contributed by atoms with E-state index >= 15 is 0 Å². The second-order valence-electron chi connectivity index (χ2n) is 3.52. The zero-order chi connectivity index (χ0) is 12.8. The lowest BCUT2D eigenvalue weighted by Gasteiger charge is -2.07. The predicted molar refractivity (Wildman–Crippen MR) is 65.3 cm³/mol. The smallest absolute Gasteiger partial charge is 0.329 e. The first-order chi connectivity index (χ1) is 8.81. The molecule has 18 heavy (non-hydrogen) atoms.